The van der Waals surface area contributed by atoms with Crippen LogP contribution in [0.3, 0.4) is 0 Å². The van der Waals surface area contributed by atoms with E-state index in [0.717, 1.165) is 0 Å². The van der Waals surface area contributed by atoms with Gasteiger partial charge in [-0.3, -0.25) is 9.59 Å². The number of carbonyl (C=O) groups excluding carboxylic acids is 2. The van der Waals surface area contributed by atoms with E-state index in [0.29, 0.717) is 16.9 Å². The smallest absolute Gasteiger partial charge is 0.257 e. The molecule has 0 unspecified atom stereocenters. The number of amides is 2. The fraction of sp³-hybridized carbons (Fsp3) is 0.143. The topological polar surface area (TPSA) is 70.2 Å². The van der Waals surface area contributed by atoms with Crippen LogP contribution in [0.4, 0.5) is 11.4 Å². The maximum absolute atomic E-state index is 12.6. The summed E-state index contributed by atoms with van der Waals surface area (Å²) in [5, 5.41) is 10.9. The third-order valence-corrected chi connectivity index (χ3v) is 5.07. The van der Waals surface area contributed by atoms with Gasteiger partial charge in [-0.05, 0) is 42.6 Å². The molecule has 1 heterocycles. The monoisotopic (exact) mass is 379 g/mol. The SMILES string of the molecule is C[C@@H](NCC(=O)Nc1ccccc1C(=O)Nc1ccccc1)c1cccs1. The van der Waals surface area contributed by atoms with Gasteiger partial charge in [0.2, 0.25) is 5.91 Å². The predicted octanol–water partition coefficient (Wildman–Crippen LogP) is 4.29. The maximum atomic E-state index is 12.6. The second-order valence-electron chi connectivity index (χ2n) is 6.03. The molecule has 0 saturated carbocycles. The first-order valence-corrected chi connectivity index (χ1v) is 9.53. The average Bonchev–Trinajstić information content (AvgIpc) is 3.22. The van der Waals surface area contributed by atoms with Gasteiger partial charge >= 0.3 is 0 Å². The third kappa shape index (κ3) is 5.26. The maximum Gasteiger partial charge on any atom is 0.257 e. The van der Waals surface area contributed by atoms with Gasteiger partial charge in [-0.25, -0.2) is 0 Å². The highest BCUT2D eigenvalue weighted by atomic mass is 32.1. The average molecular weight is 379 g/mol. The minimum Gasteiger partial charge on any atom is -0.324 e. The summed E-state index contributed by atoms with van der Waals surface area (Å²) in [5.74, 6) is -0.463. The molecule has 3 rings (SSSR count). The van der Waals surface area contributed by atoms with E-state index in [9.17, 15) is 9.59 Å². The normalized spacial score (nSPS) is 11.6. The molecule has 138 valence electrons. The molecular formula is C21H21N3O2S. The molecule has 1 aromatic heterocycles. The van der Waals surface area contributed by atoms with Crippen LogP contribution in [0.5, 0.6) is 0 Å². The van der Waals surface area contributed by atoms with E-state index in [4.69, 9.17) is 0 Å². The van der Waals surface area contributed by atoms with E-state index in [1.54, 1.807) is 35.6 Å². The Morgan fingerprint density at radius 2 is 1.67 bits per heavy atom. The molecule has 0 bridgehead atoms. The Hall–Kier alpha value is -2.96. The zero-order chi connectivity index (χ0) is 19.1. The lowest BCUT2D eigenvalue weighted by atomic mass is 10.1. The Labute approximate surface area is 162 Å². The van der Waals surface area contributed by atoms with Crippen molar-refractivity contribution < 1.29 is 9.59 Å². The molecule has 0 spiro atoms. The second kappa shape index (κ2) is 9.12. The van der Waals surface area contributed by atoms with Gasteiger partial charge in [-0.2, -0.15) is 0 Å². The van der Waals surface area contributed by atoms with Gasteiger partial charge in [0.25, 0.3) is 5.91 Å². The van der Waals surface area contributed by atoms with Gasteiger partial charge in [0.15, 0.2) is 0 Å². The molecule has 3 aromatic rings. The highest BCUT2D eigenvalue weighted by Gasteiger charge is 2.14. The molecule has 0 aliphatic heterocycles. The Balaban J connectivity index is 1.61. The Kier molecular flexibility index (Phi) is 6.35. The fourth-order valence-corrected chi connectivity index (χ4v) is 3.35. The quantitative estimate of drug-likeness (QED) is 0.573. The van der Waals surface area contributed by atoms with Crippen LogP contribution in [0.2, 0.25) is 0 Å². The van der Waals surface area contributed by atoms with E-state index in [1.165, 1.54) is 4.88 Å². The molecule has 0 saturated heterocycles. The highest BCUT2D eigenvalue weighted by molar-refractivity contribution is 7.10. The van der Waals surface area contributed by atoms with Crippen molar-refractivity contribution >= 4 is 34.5 Å². The van der Waals surface area contributed by atoms with Gasteiger partial charge in [0, 0.05) is 16.6 Å². The van der Waals surface area contributed by atoms with Crippen LogP contribution in [0.15, 0.2) is 72.1 Å². The van der Waals surface area contributed by atoms with Crippen molar-refractivity contribution in [3.63, 3.8) is 0 Å². The summed E-state index contributed by atoms with van der Waals surface area (Å²) in [5.41, 5.74) is 1.61. The molecule has 2 aromatic carbocycles. The molecule has 2 amide bonds. The molecule has 1 atom stereocenters. The first kappa shape index (κ1) is 18.8. The van der Waals surface area contributed by atoms with Crippen LogP contribution in [-0.2, 0) is 4.79 Å². The van der Waals surface area contributed by atoms with E-state index in [1.807, 2.05) is 54.8 Å². The molecule has 0 aliphatic carbocycles. The molecule has 0 fully saturated rings. The van der Waals surface area contributed by atoms with Crippen molar-refractivity contribution in [2.45, 2.75) is 13.0 Å². The van der Waals surface area contributed by atoms with Crippen LogP contribution >= 0.6 is 11.3 Å². The Morgan fingerprint density at radius 3 is 2.41 bits per heavy atom. The number of hydrogen-bond donors (Lipinski definition) is 3. The van der Waals surface area contributed by atoms with E-state index in [2.05, 4.69) is 16.0 Å². The van der Waals surface area contributed by atoms with Gasteiger partial charge in [0.05, 0.1) is 17.8 Å². The van der Waals surface area contributed by atoms with E-state index < -0.39 is 0 Å². The van der Waals surface area contributed by atoms with E-state index >= 15 is 0 Å². The fourth-order valence-electron chi connectivity index (χ4n) is 2.59. The summed E-state index contributed by atoms with van der Waals surface area (Å²) in [6, 6.07) is 20.3. The zero-order valence-electron chi connectivity index (χ0n) is 14.9. The lowest BCUT2D eigenvalue weighted by molar-refractivity contribution is -0.115. The Morgan fingerprint density at radius 1 is 0.926 bits per heavy atom. The van der Waals surface area contributed by atoms with Crippen LogP contribution < -0.4 is 16.0 Å². The summed E-state index contributed by atoms with van der Waals surface area (Å²) in [6.07, 6.45) is 0. The summed E-state index contributed by atoms with van der Waals surface area (Å²) in [6.45, 7) is 2.17. The number of thiophene rings is 1. The molecule has 3 N–H and O–H groups in total. The van der Waals surface area contributed by atoms with Crippen molar-refractivity contribution in [1.82, 2.24) is 5.32 Å². The number of para-hydroxylation sites is 2. The lowest BCUT2D eigenvalue weighted by Gasteiger charge is -2.14. The van der Waals surface area contributed by atoms with Crippen LogP contribution in [-0.4, -0.2) is 18.4 Å². The number of rotatable bonds is 7. The lowest BCUT2D eigenvalue weighted by Crippen LogP contribution is -2.30. The molecule has 0 radical (unpaired) electrons. The zero-order valence-corrected chi connectivity index (χ0v) is 15.8. The number of benzene rings is 2. The predicted molar refractivity (Wildman–Crippen MR) is 110 cm³/mol. The van der Waals surface area contributed by atoms with Crippen LogP contribution in [0.25, 0.3) is 0 Å². The summed E-state index contributed by atoms with van der Waals surface area (Å²) in [4.78, 5) is 26.1. The highest BCUT2D eigenvalue weighted by Crippen LogP contribution is 2.19. The van der Waals surface area contributed by atoms with Crippen molar-refractivity contribution in [1.29, 1.82) is 0 Å². The summed E-state index contributed by atoms with van der Waals surface area (Å²) < 4.78 is 0. The molecule has 27 heavy (non-hydrogen) atoms. The van der Waals surface area contributed by atoms with Gasteiger partial charge < -0.3 is 16.0 Å². The number of anilines is 2. The van der Waals surface area contributed by atoms with Crippen molar-refractivity contribution in [3.8, 4) is 0 Å². The first-order valence-electron chi connectivity index (χ1n) is 8.65. The standard InChI is InChI=1S/C21H21N3O2S/c1-15(19-12-7-13-27-19)22-14-20(25)24-18-11-6-5-10-17(18)21(26)23-16-8-3-2-4-9-16/h2-13,15,22H,14H2,1H3,(H,23,26)(H,24,25)/t15-/m1/s1. The molecule has 5 nitrogen and oxygen atoms in total. The minimum atomic E-state index is -0.267. The van der Waals surface area contributed by atoms with Crippen molar-refractivity contribution in [3.05, 3.63) is 82.6 Å². The number of nitrogens with one attached hydrogen (secondary N) is 3. The largest absolute Gasteiger partial charge is 0.324 e. The summed E-state index contributed by atoms with van der Waals surface area (Å²) in [7, 11) is 0. The van der Waals surface area contributed by atoms with Gasteiger partial charge in [0.1, 0.15) is 0 Å². The first-order chi connectivity index (χ1) is 13.1. The Bertz CT molecular complexity index is 895. The molecule has 0 aliphatic rings. The third-order valence-electron chi connectivity index (χ3n) is 4.02. The summed E-state index contributed by atoms with van der Waals surface area (Å²) >= 11 is 1.65. The van der Waals surface area contributed by atoms with Crippen LogP contribution in [0, 0.1) is 0 Å². The van der Waals surface area contributed by atoms with Crippen molar-refractivity contribution in [2.24, 2.45) is 0 Å². The number of hydrogen-bond acceptors (Lipinski definition) is 4. The second-order valence-corrected chi connectivity index (χ2v) is 7.01. The van der Waals surface area contributed by atoms with Gasteiger partial charge in [-0.15, -0.1) is 11.3 Å². The van der Waals surface area contributed by atoms with E-state index in [-0.39, 0.29) is 24.4 Å². The molecule has 6 heteroatoms. The number of carbonyl (C=O) groups is 2. The van der Waals surface area contributed by atoms with Crippen LogP contribution in [0.1, 0.15) is 28.2 Å². The molecular weight excluding hydrogens is 358 g/mol. The van der Waals surface area contributed by atoms with Gasteiger partial charge in [-0.1, -0.05) is 36.4 Å². The van der Waals surface area contributed by atoms with Crippen molar-refractivity contribution in [2.75, 3.05) is 17.2 Å². The minimum absolute atomic E-state index is 0.0902.